The molecular formula is C16H22ClN3O2S. The summed E-state index contributed by atoms with van der Waals surface area (Å²) in [5.41, 5.74) is 7.07. The van der Waals surface area contributed by atoms with Crippen molar-refractivity contribution in [3.8, 4) is 0 Å². The molecule has 0 radical (unpaired) electrons. The lowest BCUT2D eigenvalue weighted by Gasteiger charge is -2.12. The Morgan fingerprint density at radius 2 is 2.13 bits per heavy atom. The van der Waals surface area contributed by atoms with Gasteiger partial charge >= 0.3 is 0 Å². The maximum absolute atomic E-state index is 11.9. The zero-order chi connectivity index (χ0) is 15.8. The number of aromatic nitrogens is 1. The molecule has 3 N–H and O–H groups in total. The maximum Gasteiger partial charge on any atom is 0.270 e. The second-order valence-electron chi connectivity index (χ2n) is 5.15. The summed E-state index contributed by atoms with van der Waals surface area (Å²) in [4.78, 5) is 16.1. The summed E-state index contributed by atoms with van der Waals surface area (Å²) in [5, 5.41) is 5.37. The molecule has 5 nitrogen and oxygen atoms in total. The van der Waals surface area contributed by atoms with Crippen LogP contribution in [-0.2, 0) is 17.9 Å². The Labute approximate surface area is 146 Å². The first-order chi connectivity index (χ1) is 10.7. The van der Waals surface area contributed by atoms with E-state index >= 15 is 0 Å². The second kappa shape index (κ2) is 10.3. The molecule has 1 heterocycles. The molecule has 0 aliphatic rings. The van der Waals surface area contributed by atoms with Gasteiger partial charge in [-0.1, -0.05) is 37.3 Å². The first-order valence-corrected chi connectivity index (χ1v) is 8.11. The number of amides is 1. The van der Waals surface area contributed by atoms with Crippen molar-refractivity contribution in [1.29, 1.82) is 0 Å². The van der Waals surface area contributed by atoms with Gasteiger partial charge in [0.1, 0.15) is 10.7 Å². The van der Waals surface area contributed by atoms with Crippen LogP contribution in [0, 0.1) is 5.92 Å². The van der Waals surface area contributed by atoms with Gasteiger partial charge in [-0.25, -0.2) is 4.98 Å². The molecule has 2 rings (SSSR count). The van der Waals surface area contributed by atoms with E-state index in [2.05, 4.69) is 10.3 Å². The molecule has 0 aliphatic heterocycles. The molecule has 7 heteroatoms. The van der Waals surface area contributed by atoms with Crippen LogP contribution in [0.1, 0.15) is 28.0 Å². The molecule has 126 valence electrons. The van der Waals surface area contributed by atoms with E-state index in [0.29, 0.717) is 32.0 Å². The molecule has 0 saturated heterocycles. The van der Waals surface area contributed by atoms with Crippen LogP contribution in [0.2, 0.25) is 0 Å². The van der Waals surface area contributed by atoms with Crippen molar-refractivity contribution in [2.75, 3.05) is 13.2 Å². The monoisotopic (exact) mass is 355 g/mol. The van der Waals surface area contributed by atoms with E-state index in [4.69, 9.17) is 10.5 Å². The number of carbonyl (C=O) groups is 1. The van der Waals surface area contributed by atoms with Gasteiger partial charge in [-0.05, 0) is 11.5 Å². The fourth-order valence-corrected chi connectivity index (χ4v) is 2.53. The number of thiazole rings is 1. The predicted molar refractivity (Wildman–Crippen MR) is 94.8 cm³/mol. The molecule has 2 aromatic rings. The highest BCUT2D eigenvalue weighted by molar-refractivity contribution is 7.09. The second-order valence-corrected chi connectivity index (χ2v) is 6.09. The number of rotatable bonds is 8. The fourth-order valence-electron chi connectivity index (χ4n) is 1.88. The molecule has 1 atom stereocenters. The number of nitrogens with zero attached hydrogens (tertiary/aromatic N) is 1. The largest absolute Gasteiger partial charge is 0.376 e. The van der Waals surface area contributed by atoms with Gasteiger partial charge in [-0.3, -0.25) is 4.79 Å². The first kappa shape index (κ1) is 19.6. The molecule has 1 aromatic heterocycles. The first-order valence-electron chi connectivity index (χ1n) is 7.23. The Balaban J connectivity index is 0.00000264. The van der Waals surface area contributed by atoms with Crippen LogP contribution in [0.15, 0.2) is 35.7 Å². The summed E-state index contributed by atoms with van der Waals surface area (Å²) in [6, 6.07) is 10.0. The van der Waals surface area contributed by atoms with E-state index in [-0.39, 0.29) is 24.2 Å². The normalized spacial score (nSPS) is 11.6. The summed E-state index contributed by atoms with van der Waals surface area (Å²) in [6.07, 6.45) is 0. The van der Waals surface area contributed by atoms with Crippen molar-refractivity contribution in [3.05, 3.63) is 52.0 Å². The molecule has 0 saturated carbocycles. The van der Waals surface area contributed by atoms with E-state index in [0.717, 1.165) is 10.6 Å². The molecule has 0 bridgehead atoms. The van der Waals surface area contributed by atoms with E-state index < -0.39 is 0 Å². The van der Waals surface area contributed by atoms with Crippen LogP contribution in [0.4, 0.5) is 0 Å². The number of benzene rings is 1. The minimum atomic E-state index is -0.161. The van der Waals surface area contributed by atoms with Gasteiger partial charge < -0.3 is 15.8 Å². The maximum atomic E-state index is 11.9. The number of hydrogen-bond donors (Lipinski definition) is 2. The molecule has 1 amide bonds. The van der Waals surface area contributed by atoms with Gasteiger partial charge in [0, 0.05) is 18.5 Å². The lowest BCUT2D eigenvalue weighted by Crippen LogP contribution is -2.30. The van der Waals surface area contributed by atoms with E-state index in [9.17, 15) is 4.79 Å². The highest BCUT2D eigenvalue weighted by atomic mass is 35.5. The van der Waals surface area contributed by atoms with Crippen molar-refractivity contribution in [3.63, 3.8) is 0 Å². The lowest BCUT2D eigenvalue weighted by molar-refractivity contribution is 0.0841. The zero-order valence-corrected chi connectivity index (χ0v) is 14.7. The Hall–Kier alpha value is -1.47. The molecule has 23 heavy (non-hydrogen) atoms. The van der Waals surface area contributed by atoms with Crippen molar-refractivity contribution in [2.45, 2.75) is 20.1 Å². The van der Waals surface area contributed by atoms with E-state index in [1.165, 1.54) is 11.3 Å². The summed E-state index contributed by atoms with van der Waals surface area (Å²) in [7, 11) is 0. The van der Waals surface area contributed by atoms with Gasteiger partial charge in [0.15, 0.2) is 0 Å². The number of ether oxygens (including phenoxy) is 1. The Morgan fingerprint density at radius 1 is 1.39 bits per heavy atom. The minimum Gasteiger partial charge on any atom is -0.376 e. The quantitative estimate of drug-likeness (QED) is 0.763. The predicted octanol–water partition coefficient (Wildman–Crippen LogP) is 2.61. The number of hydrogen-bond acceptors (Lipinski definition) is 5. The fraction of sp³-hybridized carbons (Fsp3) is 0.375. The number of nitrogens with two attached hydrogens (primary N) is 1. The van der Waals surface area contributed by atoms with Crippen LogP contribution in [0.25, 0.3) is 0 Å². The summed E-state index contributed by atoms with van der Waals surface area (Å²) < 4.78 is 5.66. The highest BCUT2D eigenvalue weighted by Gasteiger charge is 2.11. The van der Waals surface area contributed by atoms with Crippen LogP contribution in [-0.4, -0.2) is 24.0 Å². The van der Waals surface area contributed by atoms with Crippen molar-refractivity contribution >= 4 is 29.7 Å². The van der Waals surface area contributed by atoms with Gasteiger partial charge in [0.25, 0.3) is 5.91 Å². The average Bonchev–Trinajstić information content (AvgIpc) is 3.03. The summed E-state index contributed by atoms with van der Waals surface area (Å²) in [6.45, 7) is 4.15. The molecule has 0 fully saturated rings. The molecular weight excluding hydrogens is 334 g/mol. The number of nitrogens with one attached hydrogen (secondary N) is 1. The SMILES string of the molecule is CC(CNC(=O)c1csc(CN)n1)COCc1ccccc1.Cl. The summed E-state index contributed by atoms with van der Waals surface area (Å²) >= 11 is 1.40. The lowest BCUT2D eigenvalue weighted by atomic mass is 10.2. The highest BCUT2D eigenvalue weighted by Crippen LogP contribution is 2.09. The molecule has 0 aliphatic carbocycles. The van der Waals surface area contributed by atoms with E-state index in [1.54, 1.807) is 5.38 Å². The third kappa shape index (κ3) is 6.66. The Bertz CT molecular complexity index is 592. The molecule has 1 aromatic carbocycles. The third-order valence-corrected chi connectivity index (χ3v) is 3.96. The summed E-state index contributed by atoms with van der Waals surface area (Å²) in [5.74, 6) is 0.0751. The topological polar surface area (TPSA) is 77.2 Å². The number of carbonyl (C=O) groups excluding carboxylic acids is 1. The smallest absolute Gasteiger partial charge is 0.270 e. The van der Waals surface area contributed by atoms with Gasteiger partial charge in [0.2, 0.25) is 0 Å². The molecule has 1 unspecified atom stereocenters. The van der Waals surface area contributed by atoms with Crippen molar-refractivity contribution in [1.82, 2.24) is 10.3 Å². The molecule has 0 spiro atoms. The third-order valence-electron chi connectivity index (χ3n) is 3.08. The minimum absolute atomic E-state index is 0. The average molecular weight is 356 g/mol. The van der Waals surface area contributed by atoms with Crippen molar-refractivity contribution in [2.24, 2.45) is 11.7 Å². The van der Waals surface area contributed by atoms with Crippen LogP contribution >= 0.6 is 23.7 Å². The standard InChI is InChI=1S/C16H21N3O2S.ClH/c1-12(9-21-10-13-5-3-2-4-6-13)8-18-16(20)14-11-22-15(7-17)19-14;/h2-6,11-12H,7-10,17H2,1H3,(H,18,20);1H. The Morgan fingerprint density at radius 3 is 2.78 bits per heavy atom. The van der Waals surface area contributed by atoms with Crippen molar-refractivity contribution < 1.29 is 9.53 Å². The van der Waals surface area contributed by atoms with Crippen LogP contribution < -0.4 is 11.1 Å². The van der Waals surface area contributed by atoms with Gasteiger partial charge in [-0.15, -0.1) is 23.7 Å². The Kier molecular flexibility index (Phi) is 8.79. The van der Waals surface area contributed by atoms with E-state index in [1.807, 2.05) is 37.3 Å². The van der Waals surface area contributed by atoms with Crippen LogP contribution in [0.3, 0.4) is 0 Å². The van der Waals surface area contributed by atoms with Crippen LogP contribution in [0.5, 0.6) is 0 Å². The van der Waals surface area contributed by atoms with Gasteiger partial charge in [0.05, 0.1) is 13.2 Å². The number of halogens is 1. The van der Waals surface area contributed by atoms with Gasteiger partial charge in [-0.2, -0.15) is 0 Å². The zero-order valence-electron chi connectivity index (χ0n) is 13.0.